The number of para-hydroxylation sites is 1. The van der Waals surface area contributed by atoms with Crippen molar-refractivity contribution in [2.75, 3.05) is 28.4 Å². The Bertz CT molecular complexity index is 773. The van der Waals surface area contributed by atoms with Crippen LogP contribution in [0.2, 0.25) is 0 Å². The van der Waals surface area contributed by atoms with Gasteiger partial charge in [-0.3, -0.25) is 4.79 Å². The number of fused-ring (bicyclic) bond motifs is 1. The van der Waals surface area contributed by atoms with Crippen molar-refractivity contribution >= 4 is 6.29 Å². The van der Waals surface area contributed by atoms with Crippen LogP contribution in [0, 0.1) is 0 Å². The van der Waals surface area contributed by atoms with E-state index in [1.807, 2.05) is 36.4 Å². The van der Waals surface area contributed by atoms with E-state index in [1.54, 1.807) is 18.2 Å². The van der Waals surface area contributed by atoms with Crippen LogP contribution in [0.5, 0.6) is 5.75 Å². The fourth-order valence-corrected chi connectivity index (χ4v) is 3.80. The van der Waals surface area contributed by atoms with Gasteiger partial charge in [0.15, 0.2) is 6.29 Å². The number of benzene rings is 2. The molecular weight excluding hydrogens is 336 g/mol. The molecular formula is C20H22O6. The molecule has 0 fully saturated rings. The molecule has 3 rings (SSSR count). The van der Waals surface area contributed by atoms with Gasteiger partial charge in [-0.05, 0) is 6.07 Å². The number of hydrogen-bond acceptors (Lipinski definition) is 6. The zero-order valence-electron chi connectivity index (χ0n) is 15.2. The first-order chi connectivity index (χ1) is 12.6. The second-order valence-electron chi connectivity index (χ2n) is 5.87. The summed E-state index contributed by atoms with van der Waals surface area (Å²) in [6.07, 6.45) is 0.665. The SMILES string of the molecule is COC1(C=O)c2ccccc2OC(OC)(c2ccccc2)C1(OC)OC. The Hall–Kier alpha value is -2.25. The smallest absolute Gasteiger partial charge is 0.296 e. The molecule has 138 valence electrons. The molecule has 0 bridgehead atoms. The van der Waals surface area contributed by atoms with Crippen LogP contribution < -0.4 is 4.74 Å². The van der Waals surface area contributed by atoms with Gasteiger partial charge in [-0.1, -0.05) is 48.5 Å². The lowest BCUT2D eigenvalue weighted by atomic mass is 9.75. The van der Waals surface area contributed by atoms with Crippen LogP contribution in [0.4, 0.5) is 0 Å². The van der Waals surface area contributed by atoms with Crippen molar-refractivity contribution < 1.29 is 28.5 Å². The number of hydrogen-bond donors (Lipinski definition) is 0. The number of aldehydes is 1. The lowest BCUT2D eigenvalue weighted by Gasteiger charge is -2.56. The summed E-state index contributed by atoms with van der Waals surface area (Å²) in [5.74, 6) is -2.90. The van der Waals surface area contributed by atoms with Crippen LogP contribution >= 0.6 is 0 Å². The summed E-state index contributed by atoms with van der Waals surface area (Å²) in [7, 11) is 5.75. The van der Waals surface area contributed by atoms with Crippen LogP contribution in [0.3, 0.4) is 0 Å². The highest BCUT2D eigenvalue weighted by atomic mass is 16.8. The van der Waals surface area contributed by atoms with Gasteiger partial charge in [0, 0.05) is 39.6 Å². The molecule has 1 heterocycles. The van der Waals surface area contributed by atoms with Gasteiger partial charge >= 0.3 is 0 Å². The number of methoxy groups -OCH3 is 4. The summed E-state index contributed by atoms with van der Waals surface area (Å²) in [5, 5.41) is 0. The third-order valence-electron chi connectivity index (χ3n) is 4.97. The minimum Gasteiger partial charge on any atom is -0.452 e. The molecule has 26 heavy (non-hydrogen) atoms. The van der Waals surface area contributed by atoms with Gasteiger partial charge in [0.25, 0.3) is 11.6 Å². The third-order valence-corrected chi connectivity index (χ3v) is 4.97. The van der Waals surface area contributed by atoms with Crippen molar-refractivity contribution in [1.82, 2.24) is 0 Å². The largest absolute Gasteiger partial charge is 0.452 e. The second kappa shape index (κ2) is 6.81. The maximum atomic E-state index is 12.4. The highest BCUT2D eigenvalue weighted by Gasteiger charge is 2.74. The first kappa shape index (κ1) is 18.5. The van der Waals surface area contributed by atoms with Crippen molar-refractivity contribution in [3.05, 3.63) is 65.7 Å². The highest BCUT2D eigenvalue weighted by molar-refractivity contribution is 5.72. The van der Waals surface area contributed by atoms with Crippen LogP contribution in [0.1, 0.15) is 11.1 Å². The Balaban J connectivity index is 2.44. The predicted octanol–water partition coefficient (Wildman–Crippen LogP) is 2.61. The fraction of sp³-hybridized carbons (Fsp3) is 0.350. The Morgan fingerprint density at radius 3 is 1.96 bits per heavy atom. The molecule has 0 aromatic heterocycles. The lowest BCUT2D eigenvalue weighted by Crippen LogP contribution is -2.72. The molecule has 2 atom stereocenters. The van der Waals surface area contributed by atoms with E-state index in [2.05, 4.69) is 0 Å². The number of carbonyl (C=O) groups excluding carboxylic acids is 1. The number of carbonyl (C=O) groups is 1. The first-order valence-corrected chi connectivity index (χ1v) is 8.12. The molecule has 2 unspecified atom stereocenters. The molecule has 0 aliphatic carbocycles. The molecule has 0 radical (unpaired) electrons. The maximum absolute atomic E-state index is 12.4. The molecule has 0 saturated carbocycles. The summed E-state index contributed by atoms with van der Waals surface area (Å²) in [6, 6.07) is 16.3. The van der Waals surface area contributed by atoms with E-state index in [4.69, 9.17) is 23.7 Å². The van der Waals surface area contributed by atoms with Crippen molar-refractivity contribution in [2.24, 2.45) is 0 Å². The quantitative estimate of drug-likeness (QED) is 0.584. The van der Waals surface area contributed by atoms with E-state index < -0.39 is 17.2 Å². The van der Waals surface area contributed by atoms with E-state index in [-0.39, 0.29) is 0 Å². The number of ether oxygens (including phenoxy) is 5. The average molecular weight is 358 g/mol. The van der Waals surface area contributed by atoms with E-state index in [9.17, 15) is 4.79 Å². The zero-order chi connectivity index (χ0) is 18.8. The van der Waals surface area contributed by atoms with Gasteiger partial charge in [0.2, 0.25) is 5.60 Å². The van der Waals surface area contributed by atoms with Crippen molar-refractivity contribution in [2.45, 2.75) is 17.2 Å². The van der Waals surface area contributed by atoms with Crippen molar-refractivity contribution in [3.63, 3.8) is 0 Å². The van der Waals surface area contributed by atoms with Crippen LogP contribution in [-0.2, 0) is 35.1 Å². The van der Waals surface area contributed by atoms with E-state index in [1.165, 1.54) is 28.4 Å². The van der Waals surface area contributed by atoms with E-state index in [0.717, 1.165) is 0 Å². The molecule has 2 aromatic carbocycles. The maximum Gasteiger partial charge on any atom is 0.296 e. The molecule has 6 heteroatoms. The van der Waals surface area contributed by atoms with Crippen LogP contribution in [0.15, 0.2) is 54.6 Å². The topological polar surface area (TPSA) is 63.2 Å². The molecule has 6 nitrogen and oxygen atoms in total. The van der Waals surface area contributed by atoms with Gasteiger partial charge in [0.05, 0.1) is 0 Å². The minimum absolute atomic E-state index is 0.442. The van der Waals surface area contributed by atoms with Gasteiger partial charge in [-0.25, -0.2) is 0 Å². The number of rotatable bonds is 6. The van der Waals surface area contributed by atoms with Gasteiger partial charge in [-0.15, -0.1) is 0 Å². The van der Waals surface area contributed by atoms with Crippen LogP contribution in [-0.4, -0.2) is 40.5 Å². The summed E-state index contributed by atoms with van der Waals surface area (Å²) in [4.78, 5) is 12.4. The Morgan fingerprint density at radius 2 is 1.42 bits per heavy atom. The normalized spacial score (nSPS) is 26.6. The highest BCUT2D eigenvalue weighted by Crippen LogP contribution is 2.57. The zero-order valence-corrected chi connectivity index (χ0v) is 15.2. The minimum atomic E-state index is -1.75. The van der Waals surface area contributed by atoms with Crippen molar-refractivity contribution in [1.29, 1.82) is 0 Å². The molecule has 0 N–H and O–H groups in total. The Morgan fingerprint density at radius 1 is 0.808 bits per heavy atom. The van der Waals surface area contributed by atoms with Crippen LogP contribution in [0.25, 0.3) is 0 Å². The molecule has 0 spiro atoms. The average Bonchev–Trinajstić information content (AvgIpc) is 2.72. The van der Waals surface area contributed by atoms with Gasteiger partial charge in [0.1, 0.15) is 5.75 Å². The van der Waals surface area contributed by atoms with Gasteiger partial charge < -0.3 is 23.7 Å². The standard InChI is InChI=1S/C20H22O6/c1-22-18(14-21)16-12-8-9-13-17(16)26-19(23-2,20(18,24-3)25-4)15-10-6-5-7-11-15/h5-14H,1-4H3. The summed E-state index contributed by atoms with van der Waals surface area (Å²) in [5.41, 5.74) is -0.522. The molecule has 0 saturated heterocycles. The molecule has 1 aliphatic rings. The molecule has 1 aliphatic heterocycles. The monoisotopic (exact) mass is 358 g/mol. The summed E-state index contributed by atoms with van der Waals surface area (Å²) in [6.45, 7) is 0. The van der Waals surface area contributed by atoms with Gasteiger partial charge in [-0.2, -0.15) is 0 Å². The second-order valence-corrected chi connectivity index (χ2v) is 5.87. The summed E-state index contributed by atoms with van der Waals surface area (Å²) < 4.78 is 29.6. The first-order valence-electron chi connectivity index (χ1n) is 8.12. The molecule has 0 amide bonds. The van der Waals surface area contributed by atoms with Crippen molar-refractivity contribution in [3.8, 4) is 5.75 Å². The lowest BCUT2D eigenvalue weighted by molar-refractivity contribution is -0.432. The molecule has 2 aromatic rings. The fourth-order valence-electron chi connectivity index (χ4n) is 3.80. The summed E-state index contributed by atoms with van der Waals surface area (Å²) >= 11 is 0. The predicted molar refractivity (Wildman–Crippen MR) is 93.7 cm³/mol. The Kier molecular flexibility index (Phi) is 4.86. The third kappa shape index (κ3) is 2.10. The van der Waals surface area contributed by atoms with E-state index >= 15 is 0 Å². The van der Waals surface area contributed by atoms with E-state index in [0.29, 0.717) is 23.2 Å². The Labute approximate surface area is 152 Å².